The van der Waals surface area contributed by atoms with Crippen LogP contribution in [0, 0.1) is 23.5 Å². The molecule has 4 atom stereocenters. The van der Waals surface area contributed by atoms with Gasteiger partial charge in [0.25, 0.3) is 5.91 Å². The molecule has 4 aliphatic rings. The number of halogens is 2. The van der Waals surface area contributed by atoms with E-state index in [2.05, 4.69) is 37.5 Å². The van der Waals surface area contributed by atoms with Gasteiger partial charge in [-0.2, -0.15) is 0 Å². The molecule has 4 heterocycles. The Balaban J connectivity index is 1.35. The summed E-state index contributed by atoms with van der Waals surface area (Å²) in [6.07, 6.45) is 7.05. The highest BCUT2D eigenvalue weighted by Gasteiger charge is 2.51. The van der Waals surface area contributed by atoms with E-state index >= 15 is 4.39 Å². The first-order valence-electron chi connectivity index (χ1n) is 17.6. The van der Waals surface area contributed by atoms with Gasteiger partial charge in [0.2, 0.25) is 11.8 Å². The molecule has 4 fully saturated rings. The Morgan fingerprint density at radius 3 is 2.23 bits per heavy atom. The van der Waals surface area contributed by atoms with Crippen LogP contribution in [0.1, 0.15) is 81.6 Å². The maximum atomic E-state index is 15.3. The molecule has 0 radical (unpaired) electrons. The number of hydrogen-bond acceptors (Lipinski definition) is 6. The molecular formula is C37H51F2N5O4. The lowest BCUT2D eigenvalue weighted by molar-refractivity contribution is -0.147. The summed E-state index contributed by atoms with van der Waals surface area (Å²) in [5, 5.41) is 0. The van der Waals surface area contributed by atoms with E-state index in [0.29, 0.717) is 49.6 Å². The molecule has 1 saturated carbocycles. The fraction of sp³-hybridized carbons (Fsp3) is 0.649. The zero-order valence-electron chi connectivity index (χ0n) is 29.0. The van der Waals surface area contributed by atoms with Crippen molar-refractivity contribution in [1.82, 2.24) is 24.5 Å². The summed E-state index contributed by atoms with van der Waals surface area (Å²) in [5.41, 5.74) is 0.481. The van der Waals surface area contributed by atoms with E-state index in [1.165, 1.54) is 24.7 Å². The molecule has 3 amide bonds. The van der Waals surface area contributed by atoms with Gasteiger partial charge in [-0.1, -0.05) is 13.0 Å². The van der Waals surface area contributed by atoms with Crippen molar-refractivity contribution in [3.05, 3.63) is 59.6 Å². The summed E-state index contributed by atoms with van der Waals surface area (Å²) in [5.74, 6) is -2.35. The first-order valence-corrected chi connectivity index (χ1v) is 17.6. The number of furan rings is 1. The van der Waals surface area contributed by atoms with Gasteiger partial charge < -0.3 is 24.0 Å². The highest BCUT2D eigenvalue weighted by atomic mass is 19.1. The van der Waals surface area contributed by atoms with Crippen LogP contribution in [0.25, 0.3) is 0 Å². The van der Waals surface area contributed by atoms with Crippen LogP contribution >= 0.6 is 0 Å². The molecule has 1 aromatic heterocycles. The second-order valence-electron chi connectivity index (χ2n) is 15.6. The van der Waals surface area contributed by atoms with E-state index in [4.69, 9.17) is 4.42 Å². The number of amides is 3. The Bertz CT molecular complexity index is 1460. The maximum Gasteiger partial charge on any atom is 0.257 e. The van der Waals surface area contributed by atoms with Crippen LogP contribution in [0.15, 0.2) is 41.2 Å². The molecule has 3 aliphatic heterocycles. The van der Waals surface area contributed by atoms with Gasteiger partial charge in [0.15, 0.2) is 0 Å². The maximum absolute atomic E-state index is 15.3. The minimum absolute atomic E-state index is 0.00744. The van der Waals surface area contributed by atoms with Gasteiger partial charge in [-0.15, -0.1) is 0 Å². The van der Waals surface area contributed by atoms with Crippen molar-refractivity contribution in [3.63, 3.8) is 0 Å². The SMILES string of the molecule is CC1CCC(N(C(=O)c2ccoc2)[C@@H]2C[C@@H](C(=O)N3CCN(C)CC3)N(C(=O)[C@@H]3CN(C(C)(C)C)C[C@H]3c3ccc(F)cc3F)C2)CC1. The van der Waals surface area contributed by atoms with Crippen molar-refractivity contribution in [3.8, 4) is 0 Å². The number of benzene rings is 1. The lowest BCUT2D eigenvalue weighted by Gasteiger charge is -2.40. The third-order valence-corrected chi connectivity index (χ3v) is 11.4. The minimum Gasteiger partial charge on any atom is -0.472 e. The van der Waals surface area contributed by atoms with Gasteiger partial charge in [0.1, 0.15) is 23.9 Å². The second-order valence-corrected chi connectivity index (χ2v) is 15.6. The Hall–Kier alpha value is -3.31. The standard InChI is InChI=1S/C37H51F2N5O4/c1-24-6-9-27(10-7-24)44(34(45)25-12-17-48-23-25)28-19-33(36(47)41-15-13-40(5)14-16-41)43(20-28)35(46)31-22-42(37(2,3)4)21-30(31)29-11-8-26(38)18-32(29)39/h8,11-12,17-18,23-24,27-28,30-31,33H,6-7,9-10,13-16,19-22H2,1-5H3/t24?,27?,28-,30+,31-,33+/m1/s1. The number of nitrogens with zero attached hydrogens (tertiary/aromatic N) is 5. The Morgan fingerprint density at radius 1 is 0.896 bits per heavy atom. The predicted octanol–water partition coefficient (Wildman–Crippen LogP) is 4.84. The monoisotopic (exact) mass is 667 g/mol. The first kappa shape index (κ1) is 34.5. The van der Waals surface area contributed by atoms with Crippen LogP contribution in [-0.2, 0) is 9.59 Å². The molecule has 6 rings (SSSR count). The molecule has 1 aromatic carbocycles. The molecule has 1 aliphatic carbocycles. The van der Waals surface area contributed by atoms with Crippen LogP contribution in [-0.4, -0.2) is 119 Å². The third-order valence-electron chi connectivity index (χ3n) is 11.4. The van der Waals surface area contributed by atoms with E-state index in [1.54, 1.807) is 11.0 Å². The smallest absolute Gasteiger partial charge is 0.257 e. The normalized spacial score (nSPS) is 29.0. The Morgan fingerprint density at radius 2 is 1.60 bits per heavy atom. The molecule has 48 heavy (non-hydrogen) atoms. The fourth-order valence-electron chi connectivity index (χ4n) is 8.35. The van der Waals surface area contributed by atoms with Crippen LogP contribution in [0.2, 0.25) is 0 Å². The molecule has 9 nitrogen and oxygen atoms in total. The van der Waals surface area contributed by atoms with Gasteiger partial charge in [0, 0.05) is 69.4 Å². The molecule has 11 heteroatoms. The third kappa shape index (κ3) is 7.04. The lowest BCUT2D eigenvalue weighted by Crippen LogP contribution is -2.54. The molecule has 3 saturated heterocycles. The fourth-order valence-corrected chi connectivity index (χ4v) is 8.35. The summed E-state index contributed by atoms with van der Waals surface area (Å²) in [6, 6.07) is 4.14. The van der Waals surface area contributed by atoms with Crippen LogP contribution in [0.5, 0.6) is 0 Å². The van der Waals surface area contributed by atoms with Crippen molar-refractivity contribution < 1.29 is 27.6 Å². The number of rotatable bonds is 6. The Labute approximate surface area is 283 Å². The highest BCUT2D eigenvalue weighted by Crippen LogP contribution is 2.41. The van der Waals surface area contributed by atoms with Crippen molar-refractivity contribution >= 4 is 17.7 Å². The largest absolute Gasteiger partial charge is 0.472 e. The number of carbonyl (C=O) groups is 3. The molecule has 0 unspecified atom stereocenters. The molecule has 2 aromatic rings. The van der Waals surface area contributed by atoms with E-state index < -0.39 is 29.5 Å². The van der Waals surface area contributed by atoms with E-state index in [0.717, 1.165) is 44.8 Å². The number of piperazine rings is 1. The lowest BCUT2D eigenvalue weighted by atomic mass is 9.85. The van der Waals surface area contributed by atoms with Crippen molar-refractivity contribution in [2.75, 3.05) is 52.9 Å². The molecule has 0 spiro atoms. The summed E-state index contributed by atoms with van der Waals surface area (Å²) in [7, 11) is 2.03. The first-order chi connectivity index (χ1) is 22.8. The van der Waals surface area contributed by atoms with Gasteiger partial charge >= 0.3 is 0 Å². The van der Waals surface area contributed by atoms with Gasteiger partial charge in [-0.3, -0.25) is 19.3 Å². The minimum atomic E-state index is -0.740. The summed E-state index contributed by atoms with van der Waals surface area (Å²) >= 11 is 0. The van der Waals surface area contributed by atoms with Gasteiger partial charge in [-0.05, 0) is 83.5 Å². The van der Waals surface area contributed by atoms with E-state index in [9.17, 15) is 18.8 Å². The van der Waals surface area contributed by atoms with Gasteiger partial charge in [0.05, 0.1) is 23.8 Å². The van der Waals surface area contributed by atoms with E-state index in [1.807, 2.05) is 16.8 Å². The highest BCUT2D eigenvalue weighted by molar-refractivity contribution is 5.95. The van der Waals surface area contributed by atoms with Crippen molar-refractivity contribution in [2.24, 2.45) is 11.8 Å². The van der Waals surface area contributed by atoms with Crippen molar-refractivity contribution in [2.45, 2.75) is 89.4 Å². The number of carbonyl (C=O) groups excluding carboxylic acids is 3. The van der Waals surface area contributed by atoms with Crippen molar-refractivity contribution in [1.29, 1.82) is 0 Å². The van der Waals surface area contributed by atoms with Crippen LogP contribution < -0.4 is 0 Å². The molecular weight excluding hydrogens is 616 g/mol. The van der Waals surface area contributed by atoms with Gasteiger partial charge in [-0.25, -0.2) is 8.78 Å². The Kier molecular flexibility index (Phi) is 10.0. The molecule has 0 bridgehead atoms. The van der Waals surface area contributed by atoms with Crippen LogP contribution in [0.4, 0.5) is 8.78 Å². The van der Waals surface area contributed by atoms with E-state index in [-0.39, 0.29) is 41.9 Å². The number of likely N-dealkylation sites (N-methyl/N-ethyl adjacent to an activating group) is 1. The average Bonchev–Trinajstić information content (AvgIpc) is 3.82. The zero-order chi connectivity index (χ0) is 34.3. The topological polar surface area (TPSA) is 80.5 Å². The number of hydrogen-bond donors (Lipinski definition) is 0. The van der Waals surface area contributed by atoms with Crippen LogP contribution in [0.3, 0.4) is 0 Å². The summed E-state index contributed by atoms with van der Waals surface area (Å²) in [6.45, 7) is 12.1. The second kappa shape index (κ2) is 13.9. The quantitative estimate of drug-likeness (QED) is 0.439. The summed E-state index contributed by atoms with van der Waals surface area (Å²) in [4.78, 5) is 53.3. The molecule has 262 valence electrons. The predicted molar refractivity (Wildman–Crippen MR) is 178 cm³/mol. The number of likely N-dealkylation sites (tertiary alicyclic amines) is 2. The molecule has 0 N–H and O–H groups in total. The zero-order valence-corrected chi connectivity index (χ0v) is 29.0. The average molecular weight is 668 g/mol. The summed E-state index contributed by atoms with van der Waals surface area (Å²) < 4.78 is 34.6.